The van der Waals surface area contributed by atoms with Crippen LogP contribution in [0.15, 0.2) is 22.8 Å². The standard InChI is InChI=1S/C14H12N4OS/c1-7-3-8(2)17-14-12(7)10(6-20-14)18-11(19)4-9(5-15)13(18)16/h3,6H,4,16H2,1-2H3. The molecule has 0 bridgehead atoms. The summed E-state index contributed by atoms with van der Waals surface area (Å²) < 4.78 is 0. The highest BCUT2D eigenvalue weighted by Crippen LogP contribution is 2.38. The molecule has 3 heterocycles. The van der Waals surface area contributed by atoms with Crippen molar-refractivity contribution in [1.29, 1.82) is 5.26 Å². The molecule has 0 aliphatic carbocycles. The van der Waals surface area contributed by atoms with Crippen molar-refractivity contribution in [3.63, 3.8) is 0 Å². The number of pyridine rings is 1. The largest absolute Gasteiger partial charge is 0.384 e. The molecule has 20 heavy (non-hydrogen) atoms. The second-order valence-corrected chi connectivity index (χ2v) is 5.62. The monoisotopic (exact) mass is 284 g/mol. The van der Waals surface area contributed by atoms with Crippen molar-refractivity contribution in [2.75, 3.05) is 4.90 Å². The lowest BCUT2D eigenvalue weighted by molar-refractivity contribution is -0.116. The van der Waals surface area contributed by atoms with E-state index in [1.165, 1.54) is 16.2 Å². The van der Waals surface area contributed by atoms with Crippen LogP contribution >= 0.6 is 11.3 Å². The Morgan fingerprint density at radius 3 is 2.90 bits per heavy atom. The summed E-state index contributed by atoms with van der Waals surface area (Å²) in [5, 5.41) is 11.8. The molecule has 0 atom stereocenters. The van der Waals surface area contributed by atoms with E-state index in [4.69, 9.17) is 11.0 Å². The Hall–Kier alpha value is -2.39. The van der Waals surface area contributed by atoms with Gasteiger partial charge in [-0.25, -0.2) is 4.98 Å². The summed E-state index contributed by atoms with van der Waals surface area (Å²) in [5.74, 6) is 0.0656. The Morgan fingerprint density at radius 2 is 2.25 bits per heavy atom. The Bertz CT molecular complexity index is 812. The number of hydrogen-bond donors (Lipinski definition) is 1. The summed E-state index contributed by atoms with van der Waals surface area (Å²) in [4.78, 5) is 18.9. The first-order valence-electron chi connectivity index (χ1n) is 6.10. The van der Waals surface area contributed by atoms with Crippen LogP contribution < -0.4 is 10.6 Å². The fourth-order valence-electron chi connectivity index (χ4n) is 2.49. The average molecular weight is 284 g/mol. The van der Waals surface area contributed by atoms with Gasteiger partial charge in [0.05, 0.1) is 23.8 Å². The summed E-state index contributed by atoms with van der Waals surface area (Å²) in [6.45, 7) is 3.92. The van der Waals surface area contributed by atoms with Gasteiger partial charge in [0.25, 0.3) is 0 Å². The minimum atomic E-state index is -0.168. The molecule has 1 aliphatic heterocycles. The lowest BCUT2D eigenvalue weighted by Crippen LogP contribution is -2.28. The zero-order chi connectivity index (χ0) is 14.4. The maximum absolute atomic E-state index is 12.1. The van der Waals surface area contributed by atoms with Gasteiger partial charge in [0, 0.05) is 16.5 Å². The molecule has 0 spiro atoms. The van der Waals surface area contributed by atoms with Crippen molar-refractivity contribution in [3.8, 4) is 6.07 Å². The molecule has 2 aromatic rings. The van der Waals surface area contributed by atoms with Gasteiger partial charge in [-0.2, -0.15) is 5.26 Å². The van der Waals surface area contributed by atoms with E-state index in [1.54, 1.807) is 0 Å². The van der Waals surface area contributed by atoms with E-state index < -0.39 is 0 Å². The fourth-order valence-corrected chi connectivity index (χ4v) is 3.51. The molecule has 1 aliphatic rings. The molecule has 0 unspecified atom stereocenters. The van der Waals surface area contributed by atoms with Crippen LogP contribution in [0.4, 0.5) is 5.69 Å². The van der Waals surface area contributed by atoms with Crippen LogP contribution in [0.3, 0.4) is 0 Å². The zero-order valence-electron chi connectivity index (χ0n) is 11.1. The second kappa shape index (κ2) is 4.32. The number of thiophene rings is 1. The number of rotatable bonds is 1. The number of anilines is 1. The third-order valence-corrected chi connectivity index (χ3v) is 4.21. The molecule has 2 N–H and O–H groups in total. The van der Waals surface area contributed by atoms with Crippen LogP contribution in [0.1, 0.15) is 17.7 Å². The number of hydrogen-bond acceptors (Lipinski definition) is 5. The molecular formula is C14H12N4OS. The van der Waals surface area contributed by atoms with Gasteiger partial charge < -0.3 is 5.73 Å². The Balaban J connectivity index is 2.24. The molecule has 0 saturated carbocycles. The first kappa shape index (κ1) is 12.6. The van der Waals surface area contributed by atoms with Crippen molar-refractivity contribution >= 4 is 33.1 Å². The number of aromatic nitrogens is 1. The van der Waals surface area contributed by atoms with E-state index in [0.29, 0.717) is 5.57 Å². The van der Waals surface area contributed by atoms with Crippen molar-refractivity contribution in [2.24, 2.45) is 5.73 Å². The minimum absolute atomic E-state index is 0.0675. The van der Waals surface area contributed by atoms with Crippen LogP contribution in [-0.4, -0.2) is 10.9 Å². The predicted octanol–water partition coefficient (Wildman–Crippen LogP) is 2.34. The van der Waals surface area contributed by atoms with Crippen LogP contribution in [0.5, 0.6) is 0 Å². The topological polar surface area (TPSA) is 83.0 Å². The molecule has 0 fully saturated rings. The molecule has 0 aromatic carbocycles. The van der Waals surface area contributed by atoms with E-state index in [-0.39, 0.29) is 18.1 Å². The molecule has 0 saturated heterocycles. The molecule has 2 aromatic heterocycles. The molecule has 0 radical (unpaired) electrons. The van der Waals surface area contributed by atoms with Crippen LogP contribution in [0.25, 0.3) is 10.2 Å². The smallest absolute Gasteiger partial charge is 0.238 e. The first-order chi connectivity index (χ1) is 9.52. The molecule has 1 amide bonds. The minimum Gasteiger partial charge on any atom is -0.384 e. The summed E-state index contributed by atoms with van der Waals surface area (Å²) in [6.07, 6.45) is 0.0675. The molecular weight excluding hydrogens is 272 g/mol. The van der Waals surface area contributed by atoms with E-state index in [1.807, 2.05) is 31.4 Å². The van der Waals surface area contributed by atoms with Gasteiger partial charge >= 0.3 is 0 Å². The summed E-state index contributed by atoms with van der Waals surface area (Å²) in [6, 6.07) is 3.96. The lowest BCUT2D eigenvalue weighted by Gasteiger charge is -2.17. The highest BCUT2D eigenvalue weighted by molar-refractivity contribution is 7.17. The second-order valence-electron chi connectivity index (χ2n) is 4.76. The van der Waals surface area contributed by atoms with Crippen molar-refractivity contribution in [3.05, 3.63) is 34.1 Å². The third-order valence-electron chi connectivity index (χ3n) is 3.35. The molecule has 6 heteroatoms. The van der Waals surface area contributed by atoms with E-state index in [0.717, 1.165) is 27.2 Å². The molecule has 100 valence electrons. The van der Waals surface area contributed by atoms with Crippen LogP contribution in [-0.2, 0) is 4.79 Å². The number of carbonyl (C=O) groups excluding carboxylic acids is 1. The quantitative estimate of drug-likeness (QED) is 0.871. The third kappa shape index (κ3) is 1.67. The Labute approximate surface area is 119 Å². The van der Waals surface area contributed by atoms with Gasteiger partial charge in [-0.05, 0) is 25.5 Å². The van der Waals surface area contributed by atoms with Gasteiger partial charge in [-0.1, -0.05) is 0 Å². The van der Waals surface area contributed by atoms with E-state index in [2.05, 4.69) is 4.98 Å². The van der Waals surface area contributed by atoms with Crippen LogP contribution in [0.2, 0.25) is 0 Å². The van der Waals surface area contributed by atoms with E-state index in [9.17, 15) is 4.79 Å². The SMILES string of the molecule is Cc1cc(C)c2c(N3C(=O)CC(C#N)=C3N)csc2n1. The molecule has 5 nitrogen and oxygen atoms in total. The van der Waals surface area contributed by atoms with Gasteiger partial charge in [-0.3, -0.25) is 9.69 Å². The first-order valence-corrected chi connectivity index (χ1v) is 6.98. The van der Waals surface area contributed by atoms with Crippen molar-refractivity contribution < 1.29 is 4.79 Å². The normalized spacial score (nSPS) is 15.2. The van der Waals surface area contributed by atoms with Gasteiger partial charge in [0.15, 0.2) is 0 Å². The van der Waals surface area contributed by atoms with Gasteiger partial charge in [0.1, 0.15) is 10.7 Å². The number of amides is 1. The number of nitrogens with two attached hydrogens (primary N) is 1. The number of nitrogens with zero attached hydrogens (tertiary/aromatic N) is 3. The number of fused-ring (bicyclic) bond motifs is 1. The highest BCUT2D eigenvalue weighted by Gasteiger charge is 2.31. The number of aryl methyl sites for hydroxylation is 2. The lowest BCUT2D eigenvalue weighted by atomic mass is 10.1. The maximum Gasteiger partial charge on any atom is 0.238 e. The Morgan fingerprint density at radius 1 is 1.50 bits per heavy atom. The fraction of sp³-hybridized carbons (Fsp3) is 0.214. The predicted molar refractivity (Wildman–Crippen MR) is 78.0 cm³/mol. The zero-order valence-corrected chi connectivity index (χ0v) is 11.9. The number of nitriles is 1. The summed E-state index contributed by atoms with van der Waals surface area (Å²) >= 11 is 1.48. The maximum atomic E-state index is 12.1. The van der Waals surface area contributed by atoms with E-state index >= 15 is 0 Å². The van der Waals surface area contributed by atoms with Gasteiger partial charge in [0.2, 0.25) is 5.91 Å². The Kier molecular flexibility index (Phi) is 2.73. The average Bonchev–Trinajstić information content (AvgIpc) is 2.90. The highest BCUT2D eigenvalue weighted by atomic mass is 32.1. The van der Waals surface area contributed by atoms with Gasteiger partial charge in [-0.15, -0.1) is 11.3 Å². The van der Waals surface area contributed by atoms with Crippen LogP contribution in [0, 0.1) is 25.2 Å². The van der Waals surface area contributed by atoms with Crippen molar-refractivity contribution in [1.82, 2.24) is 4.98 Å². The summed E-state index contributed by atoms with van der Waals surface area (Å²) in [7, 11) is 0. The summed E-state index contributed by atoms with van der Waals surface area (Å²) in [5.41, 5.74) is 8.98. The van der Waals surface area contributed by atoms with Crippen molar-refractivity contribution in [2.45, 2.75) is 20.3 Å². The molecule has 3 rings (SSSR count). The number of carbonyl (C=O) groups is 1.